The Hall–Kier alpha value is -5.88. The van der Waals surface area contributed by atoms with Crippen LogP contribution in [0.15, 0.2) is 54.6 Å². The topological polar surface area (TPSA) is 247 Å². The molecule has 0 spiro atoms. The molecule has 3 saturated heterocycles. The second-order valence-electron chi connectivity index (χ2n) is 24.4. The Balaban J connectivity index is 1.10. The fraction of sp³-hybridized carbons (Fsp3) is 0.697. The van der Waals surface area contributed by atoms with Gasteiger partial charge in [0, 0.05) is 59.0 Å². The van der Waals surface area contributed by atoms with Crippen molar-refractivity contribution >= 4 is 47.2 Å². The molecule has 0 aromatic heterocycles. The lowest BCUT2D eigenvalue weighted by molar-refractivity contribution is -0.199. The molecular formula is C66H102N6O16. The van der Waals surface area contributed by atoms with Crippen LogP contribution in [0.5, 0.6) is 5.75 Å². The number of rotatable bonds is 40. The summed E-state index contributed by atoms with van der Waals surface area (Å²) in [7, 11) is 5.04. The van der Waals surface area contributed by atoms with Gasteiger partial charge < -0.3 is 48.8 Å². The van der Waals surface area contributed by atoms with Crippen LogP contribution < -0.4 is 15.4 Å². The van der Waals surface area contributed by atoms with Crippen LogP contribution in [-0.4, -0.2) is 191 Å². The quantitative estimate of drug-likeness (QED) is 0.0521. The number of amides is 6. The molecule has 10 atom stereocenters. The van der Waals surface area contributed by atoms with Crippen LogP contribution in [0.2, 0.25) is 0 Å². The molecule has 2 N–H and O–H groups in total. The number of benzene rings is 2. The number of methoxy groups -OCH3 is 2. The van der Waals surface area contributed by atoms with Gasteiger partial charge in [-0.05, 0) is 92.5 Å². The highest BCUT2D eigenvalue weighted by Gasteiger charge is 2.43. The largest absolute Gasteiger partial charge is 0.489 e. The van der Waals surface area contributed by atoms with E-state index in [2.05, 4.69) is 24.5 Å². The molecule has 0 aliphatic carbocycles. The number of carbonyl (C=O) groups is 8. The maximum atomic E-state index is 14.6. The van der Waals surface area contributed by atoms with Gasteiger partial charge in [-0.25, -0.2) is 9.86 Å². The third-order valence-electron chi connectivity index (χ3n) is 17.2. The van der Waals surface area contributed by atoms with Gasteiger partial charge in [0.15, 0.2) is 5.78 Å². The van der Waals surface area contributed by atoms with Gasteiger partial charge in [0.25, 0.3) is 17.7 Å². The summed E-state index contributed by atoms with van der Waals surface area (Å²) in [4.78, 5) is 121. The average Bonchev–Trinajstić information content (AvgIpc) is 2.29. The molecule has 22 nitrogen and oxygen atoms in total. The minimum atomic E-state index is -0.925. The number of ketones is 1. The maximum absolute atomic E-state index is 14.6. The molecule has 492 valence electrons. The van der Waals surface area contributed by atoms with Crippen LogP contribution in [-0.2, 0) is 84.7 Å². The van der Waals surface area contributed by atoms with Gasteiger partial charge in [-0.2, -0.15) is 0 Å². The second kappa shape index (κ2) is 38.0. The van der Waals surface area contributed by atoms with Crippen molar-refractivity contribution in [3.05, 3.63) is 65.7 Å². The van der Waals surface area contributed by atoms with Crippen LogP contribution in [0.4, 0.5) is 0 Å². The zero-order valence-corrected chi connectivity index (χ0v) is 54.2. The first-order chi connectivity index (χ1) is 42.2. The summed E-state index contributed by atoms with van der Waals surface area (Å²) in [5, 5.41) is 8.05. The summed E-state index contributed by atoms with van der Waals surface area (Å²) in [5.74, 6) is -3.53. The van der Waals surface area contributed by atoms with Crippen molar-refractivity contribution in [3.63, 3.8) is 0 Å². The Kier molecular flexibility index (Phi) is 31.4. The second-order valence-corrected chi connectivity index (χ2v) is 24.4. The lowest BCUT2D eigenvalue weighted by Gasteiger charge is -2.37. The lowest BCUT2D eigenvalue weighted by Crippen LogP contribution is -2.55. The minimum Gasteiger partial charge on any atom is -0.489 e. The van der Waals surface area contributed by atoms with E-state index in [0.717, 1.165) is 36.8 Å². The highest BCUT2D eigenvalue weighted by molar-refractivity contribution is 6.01. The fourth-order valence-electron chi connectivity index (χ4n) is 11.8. The normalized spacial score (nSPS) is 18.6. The Morgan fingerprint density at radius 2 is 1.39 bits per heavy atom. The molecule has 0 radical (unpaired) electrons. The summed E-state index contributed by atoms with van der Waals surface area (Å²) >= 11 is 0. The molecular weight excluding hydrogens is 1130 g/mol. The number of hydrogen-bond acceptors (Lipinski definition) is 17. The molecule has 3 heterocycles. The molecule has 6 amide bonds. The Morgan fingerprint density at radius 1 is 0.727 bits per heavy atom. The van der Waals surface area contributed by atoms with E-state index in [-0.39, 0.29) is 105 Å². The van der Waals surface area contributed by atoms with Crippen LogP contribution in [0.3, 0.4) is 0 Å². The molecule has 3 fully saturated rings. The Morgan fingerprint density at radius 3 is 1.99 bits per heavy atom. The van der Waals surface area contributed by atoms with E-state index in [1.807, 2.05) is 106 Å². The molecule has 0 saturated carbocycles. The molecule has 3 aliphatic rings. The summed E-state index contributed by atoms with van der Waals surface area (Å²) < 4.78 is 35.1. The number of imide groups is 1. The van der Waals surface area contributed by atoms with E-state index in [0.29, 0.717) is 82.7 Å². The number of likely N-dealkylation sites (tertiary alicyclic amines) is 1. The van der Waals surface area contributed by atoms with E-state index in [1.165, 1.54) is 5.06 Å². The van der Waals surface area contributed by atoms with E-state index >= 15 is 0 Å². The lowest BCUT2D eigenvalue weighted by atomic mass is 9.79. The minimum absolute atomic E-state index is 0.0254. The van der Waals surface area contributed by atoms with E-state index in [4.69, 9.17) is 38.1 Å². The first-order valence-corrected chi connectivity index (χ1v) is 31.9. The summed E-state index contributed by atoms with van der Waals surface area (Å²) in [6.07, 6.45) is 4.09. The zero-order chi connectivity index (χ0) is 64.3. The van der Waals surface area contributed by atoms with E-state index in [9.17, 15) is 38.4 Å². The van der Waals surface area contributed by atoms with Gasteiger partial charge >= 0.3 is 5.97 Å². The van der Waals surface area contributed by atoms with Crippen molar-refractivity contribution in [2.24, 2.45) is 35.5 Å². The fourth-order valence-corrected chi connectivity index (χ4v) is 11.8. The van der Waals surface area contributed by atoms with Gasteiger partial charge in [-0.3, -0.25) is 43.3 Å². The monoisotopic (exact) mass is 1230 g/mol. The van der Waals surface area contributed by atoms with Gasteiger partial charge in [0.2, 0.25) is 17.7 Å². The highest BCUT2D eigenvalue weighted by Crippen LogP contribution is 2.33. The average molecular weight is 1240 g/mol. The Labute approximate surface area is 521 Å². The SMILES string of the molecule is CC[C@H](C)[C@H](CCC(C)C(=O)[C@@H](NC(=O)C(C(C)C)N(C)CCOCCOCCOCCC(=O)ON1C(=O)CCC1=O)C(C)C)[C@@H](CC(=O)N1CCC[C@H]1[C@H](OC)[C@@H](C)C(=O)N[C@@H](Cc1ccc(OCc2ccccc2)cc1)C(=O)N1CCCCO1)OC. The molecule has 0 bridgehead atoms. The van der Waals surface area contributed by atoms with Crippen molar-refractivity contribution in [2.45, 2.75) is 175 Å². The molecule has 2 aromatic rings. The molecule has 5 rings (SSSR count). The molecule has 2 unspecified atom stereocenters. The third-order valence-corrected chi connectivity index (χ3v) is 17.2. The van der Waals surface area contributed by atoms with Crippen molar-refractivity contribution in [2.75, 3.05) is 87.1 Å². The molecule has 88 heavy (non-hydrogen) atoms. The van der Waals surface area contributed by atoms with Crippen molar-refractivity contribution in [1.29, 1.82) is 0 Å². The predicted molar refractivity (Wildman–Crippen MR) is 328 cm³/mol. The van der Waals surface area contributed by atoms with E-state index < -0.39 is 66.0 Å². The number of Topliss-reactive ketones (excluding diaryl/α,β-unsaturated/α-hetero) is 1. The van der Waals surface area contributed by atoms with Gasteiger partial charge in [-0.1, -0.05) is 104 Å². The first kappa shape index (κ1) is 72.9. The van der Waals surface area contributed by atoms with Crippen molar-refractivity contribution in [3.8, 4) is 5.75 Å². The van der Waals surface area contributed by atoms with Gasteiger partial charge in [-0.15, -0.1) is 5.06 Å². The summed E-state index contributed by atoms with van der Waals surface area (Å²) in [5.41, 5.74) is 1.88. The van der Waals surface area contributed by atoms with Crippen LogP contribution in [0, 0.1) is 35.5 Å². The molecule has 2 aromatic carbocycles. The van der Waals surface area contributed by atoms with Gasteiger partial charge in [0.1, 0.15) is 18.4 Å². The summed E-state index contributed by atoms with van der Waals surface area (Å²) in [6, 6.07) is 14.8. The smallest absolute Gasteiger partial charge is 0.335 e. The third kappa shape index (κ3) is 22.6. The van der Waals surface area contributed by atoms with Crippen LogP contribution >= 0.6 is 0 Å². The number of hydroxylamine groups is 4. The predicted octanol–water partition coefficient (Wildman–Crippen LogP) is 6.69. The Bertz CT molecular complexity index is 2480. The maximum Gasteiger partial charge on any atom is 0.335 e. The van der Waals surface area contributed by atoms with E-state index in [1.54, 1.807) is 21.1 Å². The molecule has 22 heteroatoms. The van der Waals surface area contributed by atoms with Gasteiger partial charge in [0.05, 0.1) is 95.3 Å². The molecule has 3 aliphatic heterocycles. The zero-order valence-electron chi connectivity index (χ0n) is 54.2. The number of nitrogens with one attached hydrogen (secondary N) is 2. The highest BCUT2D eigenvalue weighted by atomic mass is 16.7. The number of hydrogen-bond donors (Lipinski definition) is 2. The standard InChI is InChI=1S/C66H102N6O16/c1-12-46(6)52(27-22-47(7)62(77)60(44(2)3)68-65(79)61(45(4)5)69(9)33-36-84-38-40-85-39-37-83-35-30-59(76)88-72-56(73)28-29-57(72)74)55(81-10)42-58(75)70-31-18-21-54(70)63(82-11)48(8)64(78)67-53(66(80)71-32-16-17-34-87-71)41-49-23-25-51(26-24-49)86-43-50-19-14-13-15-20-50/h13-15,19-20,23-26,44-48,52-55,60-61,63H,12,16-18,21-22,27-43H2,1-11H3,(H,67,78)(H,68,79)/t46-,47?,48+,52-,53-,54-,55+,60-,61?,63+/m0/s1. The first-order valence-electron chi connectivity index (χ1n) is 31.9. The summed E-state index contributed by atoms with van der Waals surface area (Å²) in [6.45, 7) is 19.4. The van der Waals surface area contributed by atoms with Crippen LogP contribution in [0.1, 0.15) is 137 Å². The number of ether oxygens (including phenoxy) is 6. The van der Waals surface area contributed by atoms with Crippen molar-refractivity contribution in [1.82, 2.24) is 30.6 Å². The number of likely N-dealkylation sites (N-methyl/N-ethyl adjacent to an activating group) is 1. The van der Waals surface area contributed by atoms with Crippen molar-refractivity contribution < 1.29 is 76.5 Å². The number of nitrogens with zero attached hydrogens (tertiary/aromatic N) is 4. The van der Waals surface area contributed by atoms with Crippen LogP contribution in [0.25, 0.3) is 0 Å². The number of carbonyl (C=O) groups excluding carboxylic acids is 8.